The minimum atomic E-state index is -0.858. The van der Waals surface area contributed by atoms with Crippen LogP contribution >= 0.6 is 0 Å². The highest BCUT2D eigenvalue weighted by molar-refractivity contribution is 5.77. The molecule has 0 heterocycles. The van der Waals surface area contributed by atoms with Gasteiger partial charge >= 0.3 is 5.97 Å². The van der Waals surface area contributed by atoms with Crippen LogP contribution in [0.4, 0.5) is 0 Å². The van der Waals surface area contributed by atoms with Gasteiger partial charge < -0.3 is 14.6 Å². The lowest BCUT2D eigenvalue weighted by molar-refractivity contribution is -0.138. The summed E-state index contributed by atoms with van der Waals surface area (Å²) < 4.78 is 11.3. The van der Waals surface area contributed by atoms with Crippen LogP contribution in [0.3, 0.4) is 0 Å². The summed E-state index contributed by atoms with van der Waals surface area (Å²) in [5.41, 5.74) is 1.62. The van der Waals surface area contributed by atoms with E-state index in [0.29, 0.717) is 18.8 Å². The van der Waals surface area contributed by atoms with Gasteiger partial charge in [0.2, 0.25) is 0 Å². The van der Waals surface area contributed by atoms with Crippen molar-refractivity contribution in [3.05, 3.63) is 59.7 Å². The fraction of sp³-hybridized carbons (Fsp3) is 0.350. The Balaban J connectivity index is 2.30. The Morgan fingerprint density at radius 2 is 1.88 bits per heavy atom. The van der Waals surface area contributed by atoms with Gasteiger partial charge in [-0.15, -0.1) is 0 Å². The van der Waals surface area contributed by atoms with Gasteiger partial charge in [-0.25, -0.2) is 0 Å². The fourth-order valence-electron chi connectivity index (χ4n) is 2.60. The van der Waals surface area contributed by atoms with Crippen LogP contribution in [0.15, 0.2) is 48.5 Å². The molecule has 4 heteroatoms. The summed E-state index contributed by atoms with van der Waals surface area (Å²) in [6.07, 6.45) is 0.407. The van der Waals surface area contributed by atoms with E-state index in [2.05, 4.69) is 0 Å². The number of para-hydroxylation sites is 1. The van der Waals surface area contributed by atoms with Crippen molar-refractivity contribution >= 4 is 5.97 Å². The second-order valence-electron chi connectivity index (χ2n) is 5.87. The van der Waals surface area contributed by atoms with E-state index < -0.39 is 11.9 Å². The van der Waals surface area contributed by atoms with E-state index in [0.717, 1.165) is 16.9 Å². The number of rotatable bonds is 8. The standard InChI is InChI=1S/C20H24O4/c1-4-23-17-10-7-9-15(12-17)18(20(21)22)13-16-8-5-6-11-19(16)24-14(2)3/h5-12,14,18H,4,13H2,1-3H3,(H,21,22). The number of carbonyl (C=O) groups is 1. The zero-order valence-corrected chi connectivity index (χ0v) is 14.4. The Kier molecular flexibility index (Phi) is 6.24. The van der Waals surface area contributed by atoms with Crippen LogP contribution in [-0.2, 0) is 11.2 Å². The van der Waals surface area contributed by atoms with E-state index in [4.69, 9.17) is 9.47 Å². The van der Waals surface area contributed by atoms with Crippen molar-refractivity contribution in [2.75, 3.05) is 6.61 Å². The van der Waals surface area contributed by atoms with Crippen molar-refractivity contribution in [3.8, 4) is 11.5 Å². The molecule has 4 nitrogen and oxygen atoms in total. The number of benzene rings is 2. The first kappa shape index (κ1) is 17.9. The SMILES string of the molecule is CCOc1cccc(C(Cc2ccccc2OC(C)C)C(=O)O)c1. The van der Waals surface area contributed by atoms with Crippen LogP contribution in [0.5, 0.6) is 11.5 Å². The number of carboxylic acid groups (broad SMARTS) is 1. The number of hydrogen-bond donors (Lipinski definition) is 1. The van der Waals surface area contributed by atoms with Crippen molar-refractivity contribution < 1.29 is 19.4 Å². The van der Waals surface area contributed by atoms with Crippen LogP contribution in [0, 0.1) is 0 Å². The Morgan fingerprint density at radius 1 is 1.12 bits per heavy atom. The third-order valence-electron chi connectivity index (χ3n) is 3.63. The Bertz CT molecular complexity index is 679. The highest BCUT2D eigenvalue weighted by Crippen LogP contribution is 2.29. The average Bonchev–Trinajstić information content (AvgIpc) is 2.53. The molecule has 0 aliphatic carbocycles. The summed E-state index contributed by atoms with van der Waals surface area (Å²) in [4.78, 5) is 11.8. The zero-order chi connectivity index (χ0) is 17.5. The highest BCUT2D eigenvalue weighted by atomic mass is 16.5. The number of hydrogen-bond acceptors (Lipinski definition) is 3. The normalized spacial score (nSPS) is 12.0. The van der Waals surface area contributed by atoms with E-state index in [1.54, 1.807) is 6.07 Å². The van der Waals surface area contributed by atoms with Crippen molar-refractivity contribution in [3.63, 3.8) is 0 Å². The van der Waals surface area contributed by atoms with Crippen LogP contribution < -0.4 is 9.47 Å². The molecule has 0 saturated heterocycles. The first-order valence-corrected chi connectivity index (χ1v) is 8.21. The first-order valence-electron chi connectivity index (χ1n) is 8.21. The minimum Gasteiger partial charge on any atom is -0.494 e. The second kappa shape index (κ2) is 8.39. The molecule has 1 unspecified atom stereocenters. The summed E-state index contributed by atoms with van der Waals surface area (Å²) in [5, 5.41) is 9.70. The molecule has 2 aromatic rings. The van der Waals surface area contributed by atoms with Gasteiger partial charge in [0.05, 0.1) is 18.6 Å². The predicted octanol–water partition coefficient (Wildman–Crippen LogP) is 4.28. The second-order valence-corrected chi connectivity index (χ2v) is 5.87. The van der Waals surface area contributed by atoms with E-state index in [1.165, 1.54) is 0 Å². The summed E-state index contributed by atoms with van der Waals surface area (Å²) >= 11 is 0. The average molecular weight is 328 g/mol. The highest BCUT2D eigenvalue weighted by Gasteiger charge is 2.22. The van der Waals surface area contributed by atoms with E-state index in [1.807, 2.05) is 63.2 Å². The predicted molar refractivity (Wildman–Crippen MR) is 93.9 cm³/mol. The molecule has 0 saturated carbocycles. The van der Waals surface area contributed by atoms with Crippen molar-refractivity contribution in [1.82, 2.24) is 0 Å². The summed E-state index contributed by atoms with van der Waals surface area (Å²) in [5.74, 6) is -0.0852. The van der Waals surface area contributed by atoms with Gasteiger partial charge in [-0.05, 0) is 56.5 Å². The van der Waals surface area contributed by atoms with Gasteiger partial charge in [-0.2, -0.15) is 0 Å². The van der Waals surface area contributed by atoms with Gasteiger partial charge in [-0.1, -0.05) is 30.3 Å². The van der Waals surface area contributed by atoms with Crippen molar-refractivity contribution in [1.29, 1.82) is 0 Å². The van der Waals surface area contributed by atoms with Crippen molar-refractivity contribution in [2.45, 2.75) is 39.2 Å². The lowest BCUT2D eigenvalue weighted by Gasteiger charge is -2.18. The molecule has 1 N–H and O–H groups in total. The maximum absolute atomic E-state index is 11.8. The Labute approximate surface area is 143 Å². The quantitative estimate of drug-likeness (QED) is 0.785. The number of aliphatic carboxylic acids is 1. The summed E-state index contributed by atoms with van der Waals surface area (Å²) in [7, 11) is 0. The van der Waals surface area contributed by atoms with Crippen LogP contribution in [0.1, 0.15) is 37.8 Å². The first-order chi connectivity index (χ1) is 11.5. The van der Waals surface area contributed by atoms with E-state index in [9.17, 15) is 9.90 Å². The molecular weight excluding hydrogens is 304 g/mol. The molecular formula is C20H24O4. The molecule has 0 radical (unpaired) electrons. The summed E-state index contributed by atoms with van der Waals surface area (Å²) in [6, 6.07) is 14.9. The molecule has 0 aliphatic rings. The lowest BCUT2D eigenvalue weighted by atomic mass is 9.91. The van der Waals surface area contributed by atoms with Crippen LogP contribution in [-0.4, -0.2) is 23.8 Å². The van der Waals surface area contributed by atoms with E-state index in [-0.39, 0.29) is 6.10 Å². The molecule has 2 aromatic carbocycles. The minimum absolute atomic E-state index is 0.0377. The van der Waals surface area contributed by atoms with Gasteiger partial charge in [0.15, 0.2) is 0 Å². The molecule has 0 bridgehead atoms. The molecule has 0 spiro atoms. The molecule has 1 atom stereocenters. The molecule has 0 fully saturated rings. The molecule has 2 rings (SSSR count). The number of ether oxygens (including phenoxy) is 2. The van der Waals surface area contributed by atoms with Gasteiger partial charge in [-0.3, -0.25) is 4.79 Å². The van der Waals surface area contributed by atoms with Crippen molar-refractivity contribution in [2.24, 2.45) is 0 Å². The zero-order valence-electron chi connectivity index (χ0n) is 14.4. The third kappa shape index (κ3) is 4.75. The largest absolute Gasteiger partial charge is 0.494 e. The Hall–Kier alpha value is -2.49. The molecule has 0 amide bonds. The number of carboxylic acids is 1. The Morgan fingerprint density at radius 3 is 2.54 bits per heavy atom. The fourth-order valence-corrected chi connectivity index (χ4v) is 2.60. The van der Waals surface area contributed by atoms with E-state index >= 15 is 0 Å². The van der Waals surface area contributed by atoms with Gasteiger partial charge in [0.25, 0.3) is 0 Å². The molecule has 0 aromatic heterocycles. The molecule has 128 valence electrons. The van der Waals surface area contributed by atoms with Gasteiger partial charge in [0.1, 0.15) is 11.5 Å². The summed E-state index contributed by atoms with van der Waals surface area (Å²) in [6.45, 7) is 6.36. The lowest BCUT2D eigenvalue weighted by Crippen LogP contribution is -2.16. The molecule has 0 aliphatic heterocycles. The van der Waals surface area contributed by atoms with Crippen LogP contribution in [0.25, 0.3) is 0 Å². The smallest absolute Gasteiger partial charge is 0.311 e. The maximum atomic E-state index is 11.8. The third-order valence-corrected chi connectivity index (χ3v) is 3.63. The maximum Gasteiger partial charge on any atom is 0.311 e. The monoisotopic (exact) mass is 328 g/mol. The molecule has 24 heavy (non-hydrogen) atoms. The van der Waals surface area contributed by atoms with Gasteiger partial charge in [0, 0.05) is 0 Å². The van der Waals surface area contributed by atoms with Crippen LogP contribution in [0.2, 0.25) is 0 Å². The topological polar surface area (TPSA) is 55.8 Å².